The van der Waals surface area contributed by atoms with Crippen LogP contribution in [-0.4, -0.2) is 26.2 Å². The highest BCUT2D eigenvalue weighted by Gasteiger charge is 2.24. The standard InChI is InChI=1S/C24H19BrCl2N4O3S/c1-15-28-29-24(31(15)19-5-3-2-4-6-19)35-23(13-30(32)33)16-8-10-22(20(25)11-16)34-14-17-7-9-18(26)12-21(17)27/h2-12,23H,13-14H2,1H3/t23-/m0/s1. The molecule has 0 bridgehead atoms. The molecule has 0 fully saturated rings. The van der Waals surface area contributed by atoms with Gasteiger partial charge in [0.05, 0.1) is 4.47 Å². The molecule has 1 heterocycles. The van der Waals surface area contributed by atoms with Gasteiger partial charge in [0, 0.05) is 26.2 Å². The summed E-state index contributed by atoms with van der Waals surface area (Å²) in [5.41, 5.74) is 2.45. The number of aromatic nitrogens is 3. The highest BCUT2D eigenvalue weighted by Crippen LogP contribution is 2.39. The number of halogens is 3. The molecule has 1 atom stereocenters. The summed E-state index contributed by atoms with van der Waals surface area (Å²) < 4.78 is 8.48. The Morgan fingerprint density at radius 1 is 1.11 bits per heavy atom. The summed E-state index contributed by atoms with van der Waals surface area (Å²) in [5.74, 6) is 1.29. The minimum atomic E-state index is -0.493. The predicted octanol–water partition coefficient (Wildman–Crippen LogP) is 7.33. The predicted molar refractivity (Wildman–Crippen MR) is 141 cm³/mol. The lowest BCUT2D eigenvalue weighted by Crippen LogP contribution is -2.11. The van der Waals surface area contributed by atoms with E-state index in [1.54, 1.807) is 18.2 Å². The fourth-order valence-corrected chi connectivity index (χ4v) is 5.53. The van der Waals surface area contributed by atoms with Gasteiger partial charge < -0.3 is 4.74 Å². The molecule has 1 aromatic heterocycles. The fraction of sp³-hybridized carbons (Fsp3) is 0.167. The summed E-state index contributed by atoms with van der Waals surface area (Å²) >= 11 is 17.0. The van der Waals surface area contributed by atoms with Crippen LogP contribution in [0.15, 0.2) is 76.4 Å². The van der Waals surface area contributed by atoms with Gasteiger partial charge >= 0.3 is 0 Å². The number of rotatable bonds is 9. The lowest BCUT2D eigenvalue weighted by molar-refractivity contribution is -0.479. The van der Waals surface area contributed by atoms with Gasteiger partial charge in [-0.15, -0.1) is 10.2 Å². The zero-order valence-corrected chi connectivity index (χ0v) is 22.3. The largest absolute Gasteiger partial charge is 0.488 e. The third-order valence-corrected chi connectivity index (χ3v) is 7.49. The Balaban J connectivity index is 1.56. The van der Waals surface area contributed by atoms with Crippen LogP contribution >= 0.6 is 50.9 Å². The summed E-state index contributed by atoms with van der Waals surface area (Å²) in [6.45, 7) is 1.82. The van der Waals surface area contributed by atoms with Crippen molar-refractivity contribution in [2.75, 3.05) is 6.54 Å². The van der Waals surface area contributed by atoms with Crippen LogP contribution in [0.4, 0.5) is 0 Å². The molecule has 35 heavy (non-hydrogen) atoms. The van der Waals surface area contributed by atoms with Crippen molar-refractivity contribution in [3.8, 4) is 11.4 Å². The molecule has 11 heteroatoms. The molecular weight excluding hydrogens is 575 g/mol. The molecule has 7 nitrogen and oxygen atoms in total. The molecule has 0 amide bonds. The van der Waals surface area contributed by atoms with E-state index in [1.165, 1.54) is 11.8 Å². The van der Waals surface area contributed by atoms with Gasteiger partial charge in [0.1, 0.15) is 23.4 Å². The second kappa shape index (κ2) is 11.4. The van der Waals surface area contributed by atoms with Gasteiger partial charge in [-0.3, -0.25) is 14.7 Å². The molecule has 0 N–H and O–H groups in total. The number of nitrogens with zero attached hydrogens (tertiary/aromatic N) is 4. The van der Waals surface area contributed by atoms with E-state index >= 15 is 0 Å². The molecule has 0 spiro atoms. The zero-order valence-electron chi connectivity index (χ0n) is 18.4. The van der Waals surface area contributed by atoms with Crippen molar-refractivity contribution in [3.05, 3.63) is 108 Å². The number of hydrogen-bond acceptors (Lipinski definition) is 6. The fourth-order valence-electron chi connectivity index (χ4n) is 3.40. The number of benzene rings is 3. The third kappa shape index (κ3) is 6.35. The van der Waals surface area contributed by atoms with Crippen molar-refractivity contribution in [1.29, 1.82) is 0 Å². The molecule has 180 valence electrons. The number of nitro groups is 1. The lowest BCUT2D eigenvalue weighted by Gasteiger charge is -2.16. The summed E-state index contributed by atoms with van der Waals surface area (Å²) in [4.78, 5) is 11.2. The number of thioether (sulfide) groups is 1. The Hall–Kier alpha value is -2.59. The first kappa shape index (κ1) is 25.5. The van der Waals surface area contributed by atoms with E-state index < -0.39 is 5.25 Å². The SMILES string of the molecule is Cc1nnc(S[C@@H](C[N+](=O)[O-])c2ccc(OCc3ccc(Cl)cc3Cl)c(Br)c2)n1-c1ccccc1. The molecule has 0 radical (unpaired) electrons. The molecule has 0 saturated carbocycles. The highest BCUT2D eigenvalue weighted by molar-refractivity contribution is 9.10. The van der Waals surface area contributed by atoms with Crippen LogP contribution in [-0.2, 0) is 6.61 Å². The third-order valence-electron chi connectivity index (χ3n) is 5.10. The first-order valence-corrected chi connectivity index (χ1v) is 12.9. The van der Waals surface area contributed by atoms with Crippen molar-refractivity contribution >= 4 is 50.9 Å². The molecule has 4 rings (SSSR count). The minimum absolute atomic E-state index is 0.250. The Labute approximate surface area is 224 Å². The van der Waals surface area contributed by atoms with Gasteiger partial charge in [-0.25, -0.2) is 0 Å². The van der Waals surface area contributed by atoms with Crippen molar-refractivity contribution in [2.24, 2.45) is 0 Å². The molecule has 0 aliphatic rings. The van der Waals surface area contributed by atoms with E-state index in [0.29, 0.717) is 31.2 Å². The van der Waals surface area contributed by atoms with Crippen LogP contribution in [0.1, 0.15) is 22.2 Å². The molecule has 4 aromatic rings. The monoisotopic (exact) mass is 592 g/mol. The maximum absolute atomic E-state index is 11.5. The van der Waals surface area contributed by atoms with Gasteiger partial charge in [0.15, 0.2) is 5.16 Å². The summed E-state index contributed by atoms with van der Waals surface area (Å²) in [5, 5.41) is 21.1. The first-order chi connectivity index (χ1) is 16.8. The van der Waals surface area contributed by atoms with Crippen LogP contribution in [0.5, 0.6) is 5.75 Å². The maximum Gasteiger partial charge on any atom is 0.220 e. The summed E-state index contributed by atoms with van der Waals surface area (Å²) in [7, 11) is 0. The van der Waals surface area contributed by atoms with Crippen LogP contribution in [0.2, 0.25) is 10.0 Å². The van der Waals surface area contributed by atoms with Gasteiger partial charge in [0.2, 0.25) is 6.54 Å². The van der Waals surface area contributed by atoms with E-state index in [0.717, 1.165) is 16.8 Å². The second-order valence-corrected chi connectivity index (χ2v) is 10.4. The van der Waals surface area contributed by atoms with Crippen molar-refractivity contribution in [2.45, 2.75) is 23.9 Å². The molecule has 0 unspecified atom stereocenters. The maximum atomic E-state index is 11.5. The van der Waals surface area contributed by atoms with Crippen LogP contribution in [0, 0.1) is 17.0 Å². The Bertz CT molecular complexity index is 1350. The van der Waals surface area contributed by atoms with E-state index in [-0.39, 0.29) is 18.1 Å². The second-order valence-electron chi connectivity index (χ2n) is 7.54. The number of para-hydroxylation sites is 1. The Morgan fingerprint density at radius 2 is 1.89 bits per heavy atom. The minimum Gasteiger partial charge on any atom is -0.488 e. The van der Waals surface area contributed by atoms with Crippen LogP contribution in [0.3, 0.4) is 0 Å². The van der Waals surface area contributed by atoms with Gasteiger partial charge in [-0.1, -0.05) is 65.3 Å². The quantitative estimate of drug-likeness (QED) is 0.115. The molecule has 0 aliphatic heterocycles. The summed E-state index contributed by atoms with van der Waals surface area (Å²) in [6.07, 6.45) is 0. The normalized spacial score (nSPS) is 11.9. The van der Waals surface area contributed by atoms with Crippen LogP contribution in [0.25, 0.3) is 5.69 Å². The zero-order chi connectivity index (χ0) is 24.9. The average molecular weight is 594 g/mol. The van der Waals surface area contributed by atoms with E-state index in [9.17, 15) is 10.1 Å². The Morgan fingerprint density at radius 3 is 2.57 bits per heavy atom. The molecule has 3 aromatic carbocycles. The number of ether oxygens (including phenoxy) is 1. The molecular formula is C24H19BrCl2N4O3S. The highest BCUT2D eigenvalue weighted by atomic mass is 79.9. The van der Waals surface area contributed by atoms with Gasteiger partial charge in [0.25, 0.3) is 0 Å². The van der Waals surface area contributed by atoms with Crippen molar-refractivity contribution < 1.29 is 9.66 Å². The first-order valence-electron chi connectivity index (χ1n) is 10.4. The van der Waals surface area contributed by atoms with Crippen molar-refractivity contribution in [1.82, 2.24) is 14.8 Å². The molecule has 0 aliphatic carbocycles. The number of aryl methyl sites for hydroxylation is 1. The van der Waals surface area contributed by atoms with E-state index in [4.69, 9.17) is 27.9 Å². The molecule has 0 saturated heterocycles. The van der Waals surface area contributed by atoms with Crippen LogP contribution < -0.4 is 4.74 Å². The van der Waals surface area contributed by atoms with Gasteiger partial charge in [-0.05, 0) is 64.8 Å². The number of hydrogen-bond donors (Lipinski definition) is 0. The lowest BCUT2D eigenvalue weighted by atomic mass is 10.1. The van der Waals surface area contributed by atoms with Gasteiger partial charge in [-0.2, -0.15) is 0 Å². The topological polar surface area (TPSA) is 83.1 Å². The average Bonchev–Trinajstić information content (AvgIpc) is 3.19. The summed E-state index contributed by atoms with van der Waals surface area (Å²) in [6, 6.07) is 20.3. The van der Waals surface area contributed by atoms with Crippen molar-refractivity contribution in [3.63, 3.8) is 0 Å². The Kier molecular flexibility index (Phi) is 8.33. The van der Waals surface area contributed by atoms with E-state index in [2.05, 4.69) is 26.1 Å². The smallest absolute Gasteiger partial charge is 0.220 e. The van der Waals surface area contributed by atoms with E-state index in [1.807, 2.05) is 60.0 Å².